The number of fused-ring (bicyclic) bond motifs is 1. The normalized spacial score (nSPS) is 13.6. The number of nitrogens with one attached hydrogen (secondary N) is 2. The Kier molecular flexibility index (Phi) is 5.34. The van der Waals surface area contributed by atoms with Gasteiger partial charge in [0, 0.05) is 11.6 Å². The first-order valence-electron chi connectivity index (χ1n) is 10.3. The zero-order valence-electron chi connectivity index (χ0n) is 17.8. The zero-order chi connectivity index (χ0) is 22.4. The van der Waals surface area contributed by atoms with E-state index in [0.717, 1.165) is 29.7 Å². The van der Waals surface area contributed by atoms with Crippen molar-refractivity contribution in [2.75, 3.05) is 5.32 Å². The first kappa shape index (κ1) is 20.9. The highest BCUT2D eigenvalue weighted by Crippen LogP contribution is 2.40. The molecular formula is C22H21N5O3S2. The number of carbonyl (C=O) groups is 1. The third-order valence-electron chi connectivity index (χ3n) is 5.37. The average molecular weight is 468 g/mol. The lowest BCUT2D eigenvalue weighted by molar-refractivity contribution is 0.103. The van der Waals surface area contributed by atoms with Crippen molar-refractivity contribution in [1.29, 1.82) is 0 Å². The third kappa shape index (κ3) is 4.07. The van der Waals surface area contributed by atoms with Crippen molar-refractivity contribution < 1.29 is 9.21 Å². The molecule has 0 saturated heterocycles. The smallest absolute Gasteiger partial charge is 0.277 e. The lowest BCUT2D eigenvalue weighted by Crippen LogP contribution is -2.13. The summed E-state index contributed by atoms with van der Waals surface area (Å²) in [5, 5.41) is 12.0. The predicted molar refractivity (Wildman–Crippen MR) is 125 cm³/mol. The van der Waals surface area contributed by atoms with Crippen LogP contribution in [0.15, 0.2) is 32.6 Å². The number of aromatic nitrogens is 4. The van der Waals surface area contributed by atoms with E-state index < -0.39 is 0 Å². The van der Waals surface area contributed by atoms with Crippen molar-refractivity contribution in [3.63, 3.8) is 0 Å². The lowest BCUT2D eigenvalue weighted by Gasteiger charge is -2.08. The van der Waals surface area contributed by atoms with Crippen molar-refractivity contribution in [2.24, 2.45) is 0 Å². The SMILES string of the molecule is Cc1ccc(NC(=O)c2sc3nc(CSc4nnc(C5CC5)o4)[nH]c(=O)c3c2C)c(C)c1. The molecule has 0 spiro atoms. The summed E-state index contributed by atoms with van der Waals surface area (Å²) < 4.78 is 5.65. The molecular weight excluding hydrogens is 446 g/mol. The van der Waals surface area contributed by atoms with Crippen LogP contribution in [0.25, 0.3) is 10.2 Å². The highest BCUT2D eigenvalue weighted by Gasteiger charge is 2.29. The Morgan fingerprint density at radius 1 is 1.28 bits per heavy atom. The topological polar surface area (TPSA) is 114 Å². The summed E-state index contributed by atoms with van der Waals surface area (Å²) in [5.41, 5.74) is 3.24. The minimum absolute atomic E-state index is 0.244. The lowest BCUT2D eigenvalue weighted by atomic mass is 10.1. The molecule has 1 saturated carbocycles. The number of rotatable bonds is 6. The van der Waals surface area contributed by atoms with E-state index in [1.54, 1.807) is 6.92 Å². The van der Waals surface area contributed by atoms with Crippen molar-refractivity contribution in [2.45, 2.75) is 50.5 Å². The van der Waals surface area contributed by atoms with Crippen molar-refractivity contribution in [1.82, 2.24) is 20.2 Å². The highest BCUT2D eigenvalue weighted by atomic mass is 32.2. The number of aromatic amines is 1. The molecule has 4 aromatic rings. The number of thioether (sulfide) groups is 1. The van der Waals surface area contributed by atoms with E-state index in [9.17, 15) is 9.59 Å². The van der Waals surface area contributed by atoms with E-state index in [0.29, 0.717) is 49.3 Å². The number of H-pyrrole nitrogens is 1. The summed E-state index contributed by atoms with van der Waals surface area (Å²) in [6.07, 6.45) is 2.18. The van der Waals surface area contributed by atoms with Crippen LogP contribution in [-0.4, -0.2) is 26.1 Å². The van der Waals surface area contributed by atoms with Crippen LogP contribution in [0.1, 0.15) is 56.8 Å². The molecule has 1 aliphatic rings. The Labute approximate surface area is 191 Å². The molecule has 10 heteroatoms. The van der Waals surface area contributed by atoms with Gasteiger partial charge in [0.2, 0.25) is 5.89 Å². The van der Waals surface area contributed by atoms with Gasteiger partial charge >= 0.3 is 0 Å². The largest absolute Gasteiger partial charge is 0.416 e. The fourth-order valence-corrected chi connectivity index (χ4v) is 5.25. The van der Waals surface area contributed by atoms with E-state index in [1.165, 1.54) is 23.1 Å². The summed E-state index contributed by atoms with van der Waals surface area (Å²) in [6, 6.07) is 5.85. The molecule has 1 fully saturated rings. The molecule has 32 heavy (non-hydrogen) atoms. The van der Waals surface area contributed by atoms with Crippen molar-refractivity contribution >= 4 is 44.9 Å². The number of hydrogen-bond acceptors (Lipinski definition) is 8. The molecule has 0 bridgehead atoms. The standard InChI is InChI=1S/C22H21N5O3S2/c1-10-4-7-14(11(2)8-10)23-19(29)17-12(3)16-18(28)24-15(25-21(16)32-17)9-31-22-27-26-20(30-22)13-5-6-13/h4,7-8,13H,5-6,9H2,1-3H3,(H,23,29)(H,24,25,28). The number of carbonyl (C=O) groups excluding carboxylic acids is 1. The van der Waals surface area contributed by atoms with Crippen LogP contribution in [0.3, 0.4) is 0 Å². The Hall–Kier alpha value is -2.98. The molecule has 0 radical (unpaired) electrons. The predicted octanol–water partition coefficient (Wildman–Crippen LogP) is 4.71. The molecule has 8 nitrogen and oxygen atoms in total. The molecule has 0 atom stereocenters. The number of aryl methyl sites for hydroxylation is 3. The molecule has 1 amide bonds. The van der Waals surface area contributed by atoms with E-state index in [1.807, 2.05) is 32.0 Å². The second-order valence-electron chi connectivity index (χ2n) is 7.99. The number of anilines is 1. The molecule has 0 aliphatic heterocycles. The van der Waals surface area contributed by atoms with Crippen LogP contribution in [0, 0.1) is 20.8 Å². The molecule has 5 rings (SSSR count). The Morgan fingerprint density at radius 3 is 2.84 bits per heavy atom. The maximum Gasteiger partial charge on any atom is 0.277 e. The number of thiophene rings is 1. The van der Waals surface area contributed by atoms with Gasteiger partial charge in [-0.05, 0) is 50.8 Å². The molecule has 1 aromatic carbocycles. The van der Waals surface area contributed by atoms with Crippen LogP contribution in [0.4, 0.5) is 5.69 Å². The number of nitrogens with zero attached hydrogens (tertiary/aromatic N) is 3. The number of benzene rings is 1. The first-order valence-corrected chi connectivity index (χ1v) is 12.1. The number of hydrogen-bond donors (Lipinski definition) is 2. The van der Waals surface area contributed by atoms with Crippen molar-refractivity contribution in [3.8, 4) is 0 Å². The van der Waals surface area contributed by atoms with E-state index in [2.05, 4.69) is 25.5 Å². The first-order chi connectivity index (χ1) is 15.4. The van der Waals surface area contributed by atoms with Gasteiger partial charge in [-0.15, -0.1) is 21.5 Å². The minimum Gasteiger partial charge on any atom is -0.416 e. The van der Waals surface area contributed by atoms with Gasteiger partial charge in [0.05, 0.1) is 16.0 Å². The molecule has 1 aliphatic carbocycles. The van der Waals surface area contributed by atoms with Gasteiger partial charge in [0.25, 0.3) is 16.7 Å². The Morgan fingerprint density at radius 2 is 2.09 bits per heavy atom. The summed E-state index contributed by atoms with van der Waals surface area (Å²) >= 11 is 2.55. The summed E-state index contributed by atoms with van der Waals surface area (Å²) in [5.74, 6) is 1.72. The van der Waals surface area contributed by atoms with Gasteiger partial charge in [0.15, 0.2) is 0 Å². The summed E-state index contributed by atoms with van der Waals surface area (Å²) in [7, 11) is 0. The van der Waals surface area contributed by atoms with Crippen molar-refractivity contribution in [3.05, 3.63) is 61.8 Å². The monoisotopic (exact) mass is 467 g/mol. The van der Waals surface area contributed by atoms with Gasteiger partial charge in [-0.3, -0.25) is 9.59 Å². The maximum absolute atomic E-state index is 12.9. The van der Waals surface area contributed by atoms with Crippen LogP contribution in [0.2, 0.25) is 0 Å². The number of amides is 1. The average Bonchev–Trinajstić information content (AvgIpc) is 3.39. The molecule has 3 heterocycles. The molecule has 164 valence electrons. The molecule has 2 N–H and O–H groups in total. The molecule has 0 unspecified atom stereocenters. The molecule has 3 aromatic heterocycles. The maximum atomic E-state index is 12.9. The van der Waals surface area contributed by atoms with Gasteiger partial charge in [-0.2, -0.15) is 0 Å². The fraction of sp³-hybridized carbons (Fsp3) is 0.318. The van der Waals surface area contributed by atoms with E-state index >= 15 is 0 Å². The van der Waals surface area contributed by atoms with E-state index in [4.69, 9.17) is 4.42 Å². The second-order valence-corrected chi connectivity index (χ2v) is 9.92. The summed E-state index contributed by atoms with van der Waals surface area (Å²) in [6.45, 7) is 5.74. The van der Waals surface area contributed by atoms with Gasteiger partial charge < -0.3 is 14.7 Å². The Bertz CT molecular complexity index is 1400. The third-order valence-corrected chi connectivity index (χ3v) is 7.38. The van der Waals surface area contributed by atoms with Gasteiger partial charge in [-0.25, -0.2) is 4.98 Å². The zero-order valence-corrected chi connectivity index (χ0v) is 19.4. The van der Waals surface area contributed by atoms with Gasteiger partial charge in [0.1, 0.15) is 10.7 Å². The van der Waals surface area contributed by atoms with Crippen LogP contribution >= 0.6 is 23.1 Å². The van der Waals surface area contributed by atoms with Gasteiger partial charge in [-0.1, -0.05) is 29.5 Å². The quantitative estimate of drug-likeness (QED) is 0.395. The fourth-order valence-electron chi connectivity index (χ4n) is 3.51. The second kappa shape index (κ2) is 8.18. The summed E-state index contributed by atoms with van der Waals surface area (Å²) in [4.78, 5) is 34.1. The van der Waals surface area contributed by atoms with Crippen LogP contribution in [0.5, 0.6) is 0 Å². The van der Waals surface area contributed by atoms with Crippen LogP contribution in [-0.2, 0) is 5.75 Å². The Balaban J connectivity index is 1.37. The van der Waals surface area contributed by atoms with E-state index in [-0.39, 0.29) is 11.5 Å². The highest BCUT2D eigenvalue weighted by molar-refractivity contribution is 7.98. The van der Waals surface area contributed by atoms with Crippen LogP contribution < -0.4 is 10.9 Å². The minimum atomic E-state index is -0.255.